The van der Waals surface area contributed by atoms with Gasteiger partial charge in [-0.05, 0) is 35.7 Å². The second-order valence-corrected chi connectivity index (χ2v) is 5.66. The molecule has 0 fully saturated rings. The van der Waals surface area contributed by atoms with Crippen LogP contribution in [0.25, 0.3) is 0 Å². The van der Waals surface area contributed by atoms with Crippen molar-refractivity contribution in [1.82, 2.24) is 4.90 Å². The van der Waals surface area contributed by atoms with E-state index < -0.39 is 0 Å². The van der Waals surface area contributed by atoms with E-state index in [1.807, 2.05) is 24.3 Å². The summed E-state index contributed by atoms with van der Waals surface area (Å²) in [7, 11) is 3.09. The first-order chi connectivity index (χ1) is 11.7. The van der Waals surface area contributed by atoms with Crippen LogP contribution >= 0.6 is 0 Å². The fourth-order valence-electron chi connectivity index (χ4n) is 3.01. The van der Waals surface area contributed by atoms with Crippen LogP contribution in [0.5, 0.6) is 11.5 Å². The highest BCUT2D eigenvalue weighted by Gasteiger charge is 2.26. The van der Waals surface area contributed by atoms with Crippen molar-refractivity contribution in [3.05, 3.63) is 58.7 Å². The SMILES string of the molecule is COc1cc(C=O)c(CCN2Cc3ccccc3C2=O)cc1OC. The maximum atomic E-state index is 12.4. The third-order valence-corrected chi connectivity index (χ3v) is 4.32. The molecule has 0 spiro atoms. The van der Waals surface area contributed by atoms with Gasteiger partial charge in [0.15, 0.2) is 11.5 Å². The zero-order valence-corrected chi connectivity index (χ0v) is 13.7. The Morgan fingerprint density at radius 3 is 2.50 bits per heavy atom. The van der Waals surface area contributed by atoms with E-state index in [1.165, 1.54) is 7.11 Å². The predicted octanol–water partition coefficient (Wildman–Crippen LogP) is 2.71. The van der Waals surface area contributed by atoms with Crippen LogP contribution in [0.4, 0.5) is 0 Å². The molecule has 24 heavy (non-hydrogen) atoms. The molecule has 5 heteroatoms. The number of benzene rings is 2. The summed E-state index contributed by atoms with van der Waals surface area (Å²) >= 11 is 0. The monoisotopic (exact) mass is 325 g/mol. The Kier molecular flexibility index (Phi) is 4.51. The summed E-state index contributed by atoms with van der Waals surface area (Å²) in [5, 5.41) is 0. The summed E-state index contributed by atoms with van der Waals surface area (Å²) in [5.41, 5.74) is 3.20. The summed E-state index contributed by atoms with van der Waals surface area (Å²) in [6.45, 7) is 1.16. The largest absolute Gasteiger partial charge is 0.493 e. The molecule has 124 valence electrons. The number of ether oxygens (including phenoxy) is 2. The molecule has 5 nitrogen and oxygen atoms in total. The standard InChI is InChI=1S/C19H19NO4/c1-23-17-9-13(15(12-21)10-18(17)24-2)7-8-20-11-14-5-3-4-6-16(14)19(20)22/h3-6,9-10,12H,7-8,11H2,1-2H3. The van der Waals surface area contributed by atoms with E-state index in [9.17, 15) is 9.59 Å². The number of carbonyl (C=O) groups is 2. The van der Waals surface area contributed by atoms with Gasteiger partial charge in [-0.15, -0.1) is 0 Å². The topological polar surface area (TPSA) is 55.8 Å². The van der Waals surface area contributed by atoms with Gasteiger partial charge in [0.1, 0.15) is 6.29 Å². The quantitative estimate of drug-likeness (QED) is 0.766. The third-order valence-electron chi connectivity index (χ3n) is 4.32. The van der Waals surface area contributed by atoms with E-state index in [0.29, 0.717) is 36.6 Å². The molecule has 0 bridgehead atoms. The van der Waals surface area contributed by atoms with Gasteiger partial charge >= 0.3 is 0 Å². The van der Waals surface area contributed by atoms with Crippen LogP contribution in [0.15, 0.2) is 36.4 Å². The Morgan fingerprint density at radius 1 is 1.12 bits per heavy atom. The number of methoxy groups -OCH3 is 2. The van der Waals surface area contributed by atoms with Crippen molar-refractivity contribution < 1.29 is 19.1 Å². The Hall–Kier alpha value is -2.82. The van der Waals surface area contributed by atoms with Crippen LogP contribution in [0.1, 0.15) is 31.8 Å². The molecule has 1 heterocycles. The van der Waals surface area contributed by atoms with Crippen LogP contribution in [-0.2, 0) is 13.0 Å². The normalized spacial score (nSPS) is 12.9. The van der Waals surface area contributed by atoms with E-state index >= 15 is 0 Å². The van der Waals surface area contributed by atoms with Gasteiger partial charge in [-0.2, -0.15) is 0 Å². The van der Waals surface area contributed by atoms with Crippen LogP contribution in [0.3, 0.4) is 0 Å². The molecule has 0 saturated carbocycles. The fourth-order valence-corrected chi connectivity index (χ4v) is 3.01. The molecule has 1 aliphatic rings. The molecule has 0 N–H and O–H groups in total. The third kappa shape index (κ3) is 2.85. The van der Waals surface area contributed by atoms with E-state index in [0.717, 1.165) is 23.0 Å². The average Bonchev–Trinajstić information content (AvgIpc) is 2.95. The molecule has 0 aromatic heterocycles. The Labute approximate surface area is 140 Å². The van der Waals surface area contributed by atoms with Gasteiger partial charge in [0.2, 0.25) is 0 Å². The van der Waals surface area contributed by atoms with Gasteiger partial charge in [-0.1, -0.05) is 18.2 Å². The summed E-state index contributed by atoms with van der Waals surface area (Å²) < 4.78 is 10.5. The van der Waals surface area contributed by atoms with Crippen molar-refractivity contribution in [2.75, 3.05) is 20.8 Å². The van der Waals surface area contributed by atoms with Crippen molar-refractivity contribution in [2.24, 2.45) is 0 Å². The molecule has 3 rings (SSSR count). The highest BCUT2D eigenvalue weighted by atomic mass is 16.5. The fraction of sp³-hybridized carbons (Fsp3) is 0.263. The van der Waals surface area contributed by atoms with Crippen LogP contribution in [0.2, 0.25) is 0 Å². The number of carbonyl (C=O) groups excluding carboxylic acids is 2. The summed E-state index contributed by atoms with van der Waals surface area (Å²) in [6.07, 6.45) is 1.38. The lowest BCUT2D eigenvalue weighted by atomic mass is 10.0. The second kappa shape index (κ2) is 6.74. The van der Waals surface area contributed by atoms with E-state index in [4.69, 9.17) is 9.47 Å². The van der Waals surface area contributed by atoms with Crippen molar-refractivity contribution in [3.63, 3.8) is 0 Å². The zero-order chi connectivity index (χ0) is 17.1. The van der Waals surface area contributed by atoms with Crippen LogP contribution < -0.4 is 9.47 Å². The molecule has 2 aromatic carbocycles. The molecule has 0 saturated heterocycles. The maximum Gasteiger partial charge on any atom is 0.254 e. The minimum Gasteiger partial charge on any atom is -0.493 e. The molecule has 2 aromatic rings. The number of amides is 1. The van der Waals surface area contributed by atoms with E-state index in [-0.39, 0.29) is 5.91 Å². The number of nitrogens with zero attached hydrogens (tertiary/aromatic N) is 1. The number of rotatable bonds is 6. The van der Waals surface area contributed by atoms with Gasteiger partial charge < -0.3 is 14.4 Å². The zero-order valence-electron chi connectivity index (χ0n) is 13.7. The van der Waals surface area contributed by atoms with Crippen LogP contribution in [-0.4, -0.2) is 37.9 Å². The summed E-state index contributed by atoms with van der Waals surface area (Å²) in [5.74, 6) is 1.14. The molecule has 0 aliphatic carbocycles. The summed E-state index contributed by atoms with van der Waals surface area (Å²) in [4.78, 5) is 25.6. The highest BCUT2D eigenvalue weighted by Crippen LogP contribution is 2.31. The maximum absolute atomic E-state index is 12.4. The minimum atomic E-state index is 0.0405. The van der Waals surface area contributed by atoms with E-state index in [2.05, 4.69) is 0 Å². The average molecular weight is 325 g/mol. The predicted molar refractivity (Wildman–Crippen MR) is 89.8 cm³/mol. The lowest BCUT2D eigenvalue weighted by Gasteiger charge is -2.17. The van der Waals surface area contributed by atoms with Gasteiger partial charge in [0.05, 0.1) is 14.2 Å². The first-order valence-corrected chi connectivity index (χ1v) is 7.75. The van der Waals surface area contributed by atoms with Gasteiger partial charge in [-0.3, -0.25) is 9.59 Å². The summed E-state index contributed by atoms with van der Waals surface area (Å²) in [6, 6.07) is 11.1. The molecule has 0 unspecified atom stereocenters. The Bertz CT molecular complexity index is 785. The van der Waals surface area contributed by atoms with Gasteiger partial charge in [0, 0.05) is 24.2 Å². The molecule has 0 radical (unpaired) electrons. The second-order valence-electron chi connectivity index (χ2n) is 5.66. The molecular formula is C19H19NO4. The van der Waals surface area contributed by atoms with Crippen molar-refractivity contribution in [2.45, 2.75) is 13.0 Å². The smallest absolute Gasteiger partial charge is 0.254 e. The van der Waals surface area contributed by atoms with Crippen molar-refractivity contribution >= 4 is 12.2 Å². The molecular weight excluding hydrogens is 306 g/mol. The van der Waals surface area contributed by atoms with Crippen LogP contribution in [0, 0.1) is 0 Å². The number of fused-ring (bicyclic) bond motifs is 1. The van der Waals surface area contributed by atoms with Crippen molar-refractivity contribution in [3.8, 4) is 11.5 Å². The Morgan fingerprint density at radius 2 is 1.83 bits per heavy atom. The van der Waals surface area contributed by atoms with E-state index in [1.54, 1.807) is 24.1 Å². The Balaban J connectivity index is 1.78. The number of hydrogen-bond acceptors (Lipinski definition) is 4. The van der Waals surface area contributed by atoms with Gasteiger partial charge in [0.25, 0.3) is 5.91 Å². The number of hydrogen-bond donors (Lipinski definition) is 0. The minimum absolute atomic E-state index is 0.0405. The lowest BCUT2D eigenvalue weighted by molar-refractivity contribution is 0.0780. The lowest BCUT2D eigenvalue weighted by Crippen LogP contribution is -2.26. The molecule has 1 amide bonds. The molecule has 1 aliphatic heterocycles. The number of aldehydes is 1. The molecule has 0 atom stereocenters. The first-order valence-electron chi connectivity index (χ1n) is 7.75. The first kappa shape index (κ1) is 16.1. The van der Waals surface area contributed by atoms with Crippen molar-refractivity contribution in [1.29, 1.82) is 0 Å². The highest BCUT2D eigenvalue weighted by molar-refractivity contribution is 5.98. The van der Waals surface area contributed by atoms with Gasteiger partial charge in [-0.25, -0.2) is 0 Å².